The summed E-state index contributed by atoms with van der Waals surface area (Å²) in [5.74, 6) is 1.29. The molecular weight excluding hydrogens is 238 g/mol. The number of nitrogens with zero attached hydrogens (tertiary/aromatic N) is 1. The number of guanidine groups is 1. The van der Waals surface area contributed by atoms with Gasteiger partial charge in [0.05, 0.1) is 0 Å². The molecule has 0 amide bonds. The lowest BCUT2D eigenvalue weighted by atomic mass is 10.2. The van der Waals surface area contributed by atoms with Crippen molar-refractivity contribution < 1.29 is 4.74 Å². The molecule has 0 atom stereocenters. The molecule has 0 bridgehead atoms. The van der Waals surface area contributed by atoms with Crippen LogP contribution in [0, 0.1) is 12.8 Å². The number of nitrogens with one attached hydrogen (secondary N) is 1. The van der Waals surface area contributed by atoms with Gasteiger partial charge >= 0.3 is 0 Å². The number of rotatable bonds is 7. The smallest absolute Gasteiger partial charge is 0.193 e. The van der Waals surface area contributed by atoms with Gasteiger partial charge in [-0.15, -0.1) is 0 Å². The topological polar surface area (TPSA) is 59.6 Å². The van der Waals surface area contributed by atoms with Crippen LogP contribution in [-0.4, -0.2) is 25.7 Å². The highest BCUT2D eigenvalue weighted by atomic mass is 16.5. The van der Waals surface area contributed by atoms with Gasteiger partial charge in [-0.2, -0.15) is 0 Å². The summed E-state index contributed by atoms with van der Waals surface area (Å²) in [6, 6.07) is 8.08. The molecule has 19 heavy (non-hydrogen) atoms. The minimum atomic E-state index is 0.464. The van der Waals surface area contributed by atoms with Crippen LogP contribution in [-0.2, 0) is 4.74 Å². The number of ether oxygens (including phenoxy) is 1. The van der Waals surface area contributed by atoms with Crippen LogP contribution in [0.15, 0.2) is 29.3 Å². The molecule has 1 saturated carbocycles. The molecule has 0 aromatic heterocycles. The second-order valence-electron chi connectivity index (χ2n) is 5.13. The Morgan fingerprint density at radius 3 is 2.79 bits per heavy atom. The zero-order chi connectivity index (χ0) is 13.5. The predicted octanol–water partition coefficient (Wildman–Crippen LogP) is 2.54. The second kappa shape index (κ2) is 7.14. The minimum absolute atomic E-state index is 0.464. The molecule has 1 aliphatic carbocycles. The molecule has 0 unspecified atom stereocenters. The van der Waals surface area contributed by atoms with E-state index in [-0.39, 0.29) is 0 Å². The first-order valence-electron chi connectivity index (χ1n) is 6.95. The van der Waals surface area contributed by atoms with Crippen molar-refractivity contribution in [1.29, 1.82) is 0 Å². The summed E-state index contributed by atoms with van der Waals surface area (Å²) in [6.45, 7) is 4.46. The maximum absolute atomic E-state index is 5.81. The van der Waals surface area contributed by atoms with Gasteiger partial charge in [0, 0.05) is 25.4 Å². The molecule has 0 radical (unpaired) electrons. The predicted molar refractivity (Wildman–Crippen MR) is 79.5 cm³/mol. The lowest BCUT2D eigenvalue weighted by Gasteiger charge is -2.06. The zero-order valence-electron chi connectivity index (χ0n) is 11.6. The Balaban J connectivity index is 1.59. The molecule has 1 fully saturated rings. The van der Waals surface area contributed by atoms with Crippen LogP contribution < -0.4 is 11.1 Å². The van der Waals surface area contributed by atoms with Crippen molar-refractivity contribution >= 4 is 11.6 Å². The van der Waals surface area contributed by atoms with E-state index in [0.29, 0.717) is 12.5 Å². The van der Waals surface area contributed by atoms with Crippen molar-refractivity contribution in [3.8, 4) is 0 Å². The third kappa shape index (κ3) is 5.75. The Bertz CT molecular complexity index is 410. The highest BCUT2D eigenvalue weighted by molar-refractivity contribution is 5.92. The van der Waals surface area contributed by atoms with Crippen LogP contribution in [0.4, 0.5) is 5.69 Å². The van der Waals surface area contributed by atoms with Crippen molar-refractivity contribution in [1.82, 2.24) is 0 Å². The first-order chi connectivity index (χ1) is 9.24. The summed E-state index contributed by atoms with van der Waals surface area (Å²) < 4.78 is 5.54. The van der Waals surface area contributed by atoms with Crippen molar-refractivity contribution in [2.45, 2.75) is 26.2 Å². The van der Waals surface area contributed by atoms with E-state index in [1.165, 1.54) is 18.4 Å². The Hall–Kier alpha value is -1.55. The number of aryl methyl sites for hydroxylation is 1. The van der Waals surface area contributed by atoms with Gasteiger partial charge in [0.2, 0.25) is 0 Å². The molecule has 0 saturated heterocycles. The van der Waals surface area contributed by atoms with Crippen LogP contribution in [0.5, 0.6) is 0 Å². The van der Waals surface area contributed by atoms with Gasteiger partial charge in [-0.25, -0.2) is 0 Å². The molecule has 1 aromatic carbocycles. The molecule has 104 valence electrons. The summed E-state index contributed by atoms with van der Waals surface area (Å²) in [7, 11) is 0. The Kier molecular flexibility index (Phi) is 5.21. The normalized spacial score (nSPS) is 15.5. The SMILES string of the molecule is Cc1ccc(NC(N)=NCCCOCC2CC2)cc1. The molecule has 1 aromatic rings. The molecule has 0 aliphatic heterocycles. The summed E-state index contributed by atoms with van der Waals surface area (Å²) in [5, 5.41) is 3.08. The number of benzene rings is 1. The highest BCUT2D eigenvalue weighted by Gasteiger charge is 2.20. The zero-order valence-corrected chi connectivity index (χ0v) is 11.6. The quantitative estimate of drug-likeness (QED) is 0.450. The molecule has 1 aliphatic rings. The van der Waals surface area contributed by atoms with Crippen LogP contribution >= 0.6 is 0 Å². The fourth-order valence-corrected chi connectivity index (χ4v) is 1.72. The van der Waals surface area contributed by atoms with Gasteiger partial charge in [0.25, 0.3) is 0 Å². The summed E-state index contributed by atoms with van der Waals surface area (Å²) in [4.78, 5) is 4.28. The summed E-state index contributed by atoms with van der Waals surface area (Å²) in [5.41, 5.74) is 8.01. The van der Waals surface area contributed by atoms with Crippen LogP contribution in [0.25, 0.3) is 0 Å². The van der Waals surface area contributed by atoms with E-state index in [0.717, 1.165) is 31.2 Å². The number of aliphatic imine (C=N–C) groups is 1. The molecular formula is C15H23N3O. The standard InChI is InChI=1S/C15H23N3O/c1-12-3-7-14(8-4-12)18-15(16)17-9-2-10-19-11-13-5-6-13/h3-4,7-8,13H,2,5-6,9-11H2,1H3,(H3,16,17,18). The molecule has 2 rings (SSSR count). The third-order valence-corrected chi connectivity index (χ3v) is 3.10. The molecule has 3 N–H and O–H groups in total. The van der Waals surface area contributed by atoms with E-state index in [4.69, 9.17) is 10.5 Å². The third-order valence-electron chi connectivity index (χ3n) is 3.10. The average Bonchev–Trinajstić information content (AvgIpc) is 3.20. The number of anilines is 1. The second-order valence-corrected chi connectivity index (χ2v) is 5.13. The number of nitrogens with two attached hydrogens (primary N) is 1. The molecule has 0 spiro atoms. The van der Waals surface area contributed by atoms with Crippen molar-refractivity contribution in [2.75, 3.05) is 25.1 Å². The first kappa shape index (κ1) is 13.9. The molecule has 0 heterocycles. The number of hydrogen-bond acceptors (Lipinski definition) is 2. The summed E-state index contributed by atoms with van der Waals surface area (Å²) >= 11 is 0. The van der Waals surface area contributed by atoms with Gasteiger partial charge in [0.1, 0.15) is 0 Å². The maximum Gasteiger partial charge on any atom is 0.193 e. The van der Waals surface area contributed by atoms with Gasteiger partial charge in [-0.3, -0.25) is 4.99 Å². The fourth-order valence-electron chi connectivity index (χ4n) is 1.72. The number of hydrogen-bond donors (Lipinski definition) is 2. The Labute approximate surface area is 115 Å². The van der Waals surface area contributed by atoms with E-state index in [9.17, 15) is 0 Å². The van der Waals surface area contributed by atoms with E-state index in [1.807, 2.05) is 24.3 Å². The van der Waals surface area contributed by atoms with Gasteiger partial charge in [-0.05, 0) is 44.2 Å². The molecule has 4 heteroatoms. The minimum Gasteiger partial charge on any atom is -0.381 e. The van der Waals surface area contributed by atoms with Crippen LogP contribution in [0.3, 0.4) is 0 Å². The van der Waals surface area contributed by atoms with Crippen LogP contribution in [0.1, 0.15) is 24.8 Å². The van der Waals surface area contributed by atoms with Crippen molar-refractivity contribution in [2.24, 2.45) is 16.6 Å². The van der Waals surface area contributed by atoms with E-state index in [2.05, 4.69) is 17.2 Å². The fraction of sp³-hybridized carbons (Fsp3) is 0.533. The van der Waals surface area contributed by atoms with Gasteiger partial charge in [0.15, 0.2) is 5.96 Å². The summed E-state index contributed by atoms with van der Waals surface area (Å²) in [6.07, 6.45) is 3.60. The van der Waals surface area contributed by atoms with Gasteiger partial charge in [-0.1, -0.05) is 17.7 Å². The first-order valence-corrected chi connectivity index (χ1v) is 6.95. The lowest BCUT2D eigenvalue weighted by Crippen LogP contribution is -2.23. The largest absolute Gasteiger partial charge is 0.381 e. The molecule has 4 nitrogen and oxygen atoms in total. The lowest BCUT2D eigenvalue weighted by molar-refractivity contribution is 0.123. The average molecular weight is 261 g/mol. The van der Waals surface area contributed by atoms with Gasteiger partial charge < -0.3 is 15.8 Å². The van der Waals surface area contributed by atoms with E-state index < -0.39 is 0 Å². The monoisotopic (exact) mass is 261 g/mol. The Morgan fingerprint density at radius 2 is 2.11 bits per heavy atom. The Morgan fingerprint density at radius 1 is 1.37 bits per heavy atom. The van der Waals surface area contributed by atoms with E-state index >= 15 is 0 Å². The van der Waals surface area contributed by atoms with Crippen molar-refractivity contribution in [3.05, 3.63) is 29.8 Å². The van der Waals surface area contributed by atoms with Crippen molar-refractivity contribution in [3.63, 3.8) is 0 Å². The maximum atomic E-state index is 5.81. The highest BCUT2D eigenvalue weighted by Crippen LogP contribution is 2.28. The van der Waals surface area contributed by atoms with E-state index in [1.54, 1.807) is 0 Å². The van der Waals surface area contributed by atoms with Crippen LogP contribution in [0.2, 0.25) is 0 Å².